The van der Waals surface area contributed by atoms with E-state index in [1.807, 2.05) is 11.8 Å². The number of rotatable bonds is 1. The van der Waals surface area contributed by atoms with E-state index in [9.17, 15) is 0 Å². The van der Waals surface area contributed by atoms with Crippen molar-refractivity contribution < 1.29 is 0 Å². The smallest absolute Gasteiger partial charge is 0.0604 e. The second-order valence-corrected chi connectivity index (χ2v) is 13.4. The maximum atomic E-state index is 2.65. The van der Waals surface area contributed by atoms with Crippen LogP contribution >= 0.6 is 11.8 Å². The van der Waals surface area contributed by atoms with Crippen molar-refractivity contribution in [1.29, 1.82) is 0 Å². The Morgan fingerprint density at radius 3 is 2.67 bits per heavy atom. The molecule has 2 unspecified atom stereocenters. The molecule has 2 heterocycles. The maximum Gasteiger partial charge on any atom is 0.0604 e. The molecule has 5 aliphatic rings. The summed E-state index contributed by atoms with van der Waals surface area (Å²) in [7, 11) is 0. The first-order valence-electron chi connectivity index (χ1n) is 14.5. The predicted octanol–water partition coefficient (Wildman–Crippen LogP) is 9.85. The molecule has 0 saturated heterocycles. The minimum atomic E-state index is 0.136. The molecule has 0 amide bonds. The van der Waals surface area contributed by atoms with Crippen molar-refractivity contribution in [2.75, 3.05) is 0 Å². The molecule has 4 aromatic rings. The summed E-state index contributed by atoms with van der Waals surface area (Å²) < 4.78 is 2.65. The molecule has 0 spiro atoms. The van der Waals surface area contributed by atoms with Crippen LogP contribution in [0.1, 0.15) is 55.7 Å². The summed E-state index contributed by atoms with van der Waals surface area (Å²) in [5.41, 5.74) is 15.1. The van der Waals surface area contributed by atoms with E-state index < -0.39 is 0 Å². The average molecular weight is 522 g/mol. The lowest BCUT2D eigenvalue weighted by Gasteiger charge is -2.29. The zero-order chi connectivity index (χ0) is 25.9. The fourth-order valence-electron chi connectivity index (χ4n) is 8.27. The van der Waals surface area contributed by atoms with Crippen molar-refractivity contribution >= 4 is 44.8 Å². The van der Waals surface area contributed by atoms with Crippen molar-refractivity contribution in [3.05, 3.63) is 124 Å². The van der Waals surface area contributed by atoms with Crippen LogP contribution in [-0.2, 0) is 6.42 Å². The van der Waals surface area contributed by atoms with E-state index in [1.54, 1.807) is 22.3 Å². The van der Waals surface area contributed by atoms with Gasteiger partial charge >= 0.3 is 0 Å². The molecule has 0 radical (unpaired) electrons. The average Bonchev–Trinajstić information content (AvgIpc) is 3.59. The highest BCUT2D eigenvalue weighted by Crippen LogP contribution is 2.59. The van der Waals surface area contributed by atoms with Crippen LogP contribution in [0.4, 0.5) is 0 Å². The van der Waals surface area contributed by atoms with Gasteiger partial charge in [-0.1, -0.05) is 92.3 Å². The molecule has 4 aliphatic carbocycles. The summed E-state index contributed by atoms with van der Waals surface area (Å²) in [6.45, 7) is 4.91. The largest absolute Gasteiger partial charge is 0.311 e. The predicted molar refractivity (Wildman–Crippen MR) is 166 cm³/mol. The summed E-state index contributed by atoms with van der Waals surface area (Å²) in [5, 5.41) is 3.15. The minimum absolute atomic E-state index is 0.136. The number of hydrogen-bond donors (Lipinski definition) is 0. The lowest BCUT2D eigenvalue weighted by atomic mass is 9.76. The standard InChI is InChI=1S/C37H31NS/c1-37(2)29-14-6-3-12-28(29)34-24-18-19-25-22-10-4-7-15-31(22)38(35(25)26(24)20-21-30(34)37)32-16-9-13-27-23-11-5-8-17-33(23)39-36(27)32/h4-5,7-19,27,36H,3,6,20-21H2,1-2H3. The Morgan fingerprint density at radius 1 is 0.872 bits per heavy atom. The number of nitrogens with zero attached hydrogens (tertiary/aromatic N) is 1. The molecule has 1 nitrogen and oxygen atoms in total. The number of aryl methyl sites for hydroxylation is 1. The Labute approximate surface area is 234 Å². The highest BCUT2D eigenvalue weighted by atomic mass is 32.2. The van der Waals surface area contributed by atoms with Gasteiger partial charge in [0.2, 0.25) is 0 Å². The third-order valence-corrected chi connectivity index (χ3v) is 11.4. The first-order valence-corrected chi connectivity index (χ1v) is 15.4. The van der Waals surface area contributed by atoms with Crippen LogP contribution in [0, 0.1) is 5.41 Å². The van der Waals surface area contributed by atoms with Gasteiger partial charge in [-0.15, -0.1) is 11.8 Å². The zero-order valence-electron chi connectivity index (χ0n) is 22.5. The first kappa shape index (κ1) is 22.3. The molecule has 0 N–H and O–H groups in total. The van der Waals surface area contributed by atoms with Gasteiger partial charge in [-0.05, 0) is 77.3 Å². The van der Waals surface area contributed by atoms with E-state index in [0.29, 0.717) is 11.2 Å². The second kappa shape index (κ2) is 7.79. The lowest BCUT2D eigenvalue weighted by Crippen LogP contribution is -2.19. The minimum Gasteiger partial charge on any atom is -0.311 e. The first-order chi connectivity index (χ1) is 19.1. The van der Waals surface area contributed by atoms with E-state index in [-0.39, 0.29) is 5.41 Å². The SMILES string of the molecule is CC1(C)C2=CCCC=C2C2=C1CCc1c2ccc2c3ccccc3n(C3=CC=CC4c5ccccc5SC34)c12. The normalized spacial score (nSPS) is 24.1. The molecule has 39 heavy (non-hydrogen) atoms. The van der Waals surface area contributed by atoms with E-state index >= 15 is 0 Å². The van der Waals surface area contributed by atoms with Crippen molar-refractivity contribution in [2.45, 2.75) is 55.6 Å². The van der Waals surface area contributed by atoms with Gasteiger partial charge in [-0.25, -0.2) is 0 Å². The van der Waals surface area contributed by atoms with Crippen molar-refractivity contribution in [3.8, 4) is 0 Å². The molecule has 190 valence electrons. The number of para-hydroxylation sites is 1. The van der Waals surface area contributed by atoms with Gasteiger partial charge < -0.3 is 4.57 Å². The van der Waals surface area contributed by atoms with E-state index in [0.717, 1.165) is 19.3 Å². The zero-order valence-corrected chi connectivity index (χ0v) is 23.3. The highest BCUT2D eigenvalue weighted by Gasteiger charge is 2.44. The monoisotopic (exact) mass is 521 g/mol. The summed E-state index contributed by atoms with van der Waals surface area (Å²) >= 11 is 2.04. The number of thioether (sulfide) groups is 1. The van der Waals surface area contributed by atoms with Crippen LogP contribution < -0.4 is 0 Å². The number of hydrogen-bond acceptors (Lipinski definition) is 1. The van der Waals surface area contributed by atoms with Gasteiger partial charge in [0.05, 0.1) is 16.3 Å². The van der Waals surface area contributed by atoms with E-state index in [2.05, 4.69) is 109 Å². The molecular formula is C37H31NS. The Hall–Kier alpha value is -3.49. The number of allylic oxidation sites excluding steroid dienone is 9. The quantitative estimate of drug-likeness (QED) is 0.241. The van der Waals surface area contributed by atoms with Crippen LogP contribution in [0.25, 0.3) is 33.1 Å². The molecule has 2 heteroatoms. The van der Waals surface area contributed by atoms with Crippen molar-refractivity contribution in [2.24, 2.45) is 5.41 Å². The molecule has 1 aliphatic heterocycles. The topological polar surface area (TPSA) is 4.93 Å². The van der Waals surface area contributed by atoms with E-state index in [1.165, 1.54) is 55.5 Å². The van der Waals surface area contributed by atoms with Crippen molar-refractivity contribution in [3.63, 3.8) is 0 Å². The number of aromatic nitrogens is 1. The fraction of sp³-hybridized carbons (Fsp3) is 0.243. The summed E-state index contributed by atoms with van der Waals surface area (Å²) in [4.78, 5) is 1.43. The van der Waals surface area contributed by atoms with Gasteiger partial charge in [0.15, 0.2) is 0 Å². The van der Waals surface area contributed by atoms with Crippen LogP contribution in [0.3, 0.4) is 0 Å². The van der Waals surface area contributed by atoms with Gasteiger partial charge in [0.25, 0.3) is 0 Å². The molecule has 3 aromatic carbocycles. The molecule has 1 aromatic heterocycles. The lowest BCUT2D eigenvalue weighted by molar-refractivity contribution is 0.535. The Bertz CT molecular complexity index is 1920. The van der Waals surface area contributed by atoms with Gasteiger partial charge in [-0.2, -0.15) is 0 Å². The number of benzene rings is 3. The van der Waals surface area contributed by atoms with E-state index in [4.69, 9.17) is 0 Å². The maximum absolute atomic E-state index is 2.65. The third kappa shape index (κ3) is 2.83. The van der Waals surface area contributed by atoms with Crippen LogP contribution in [-0.4, -0.2) is 9.82 Å². The summed E-state index contributed by atoms with van der Waals surface area (Å²) in [5.74, 6) is 0.423. The van der Waals surface area contributed by atoms with Crippen LogP contribution in [0.5, 0.6) is 0 Å². The molecule has 0 bridgehead atoms. The van der Waals surface area contributed by atoms with Crippen molar-refractivity contribution in [1.82, 2.24) is 4.57 Å². The fourth-order valence-corrected chi connectivity index (χ4v) is 9.73. The van der Waals surface area contributed by atoms with Gasteiger partial charge in [0.1, 0.15) is 0 Å². The van der Waals surface area contributed by atoms with Gasteiger partial charge in [-0.3, -0.25) is 0 Å². The molecule has 0 fully saturated rings. The van der Waals surface area contributed by atoms with Crippen LogP contribution in [0.2, 0.25) is 0 Å². The Kier molecular flexibility index (Phi) is 4.46. The third-order valence-electron chi connectivity index (χ3n) is 9.98. The van der Waals surface area contributed by atoms with Gasteiger partial charge in [0, 0.05) is 32.7 Å². The highest BCUT2D eigenvalue weighted by molar-refractivity contribution is 8.00. The van der Waals surface area contributed by atoms with Crippen LogP contribution in [0.15, 0.2) is 113 Å². The molecular weight excluding hydrogens is 490 g/mol. The molecule has 2 atom stereocenters. The summed E-state index contributed by atoms with van der Waals surface area (Å²) in [6, 6.07) is 23.0. The number of fused-ring (bicyclic) bond motifs is 11. The second-order valence-electron chi connectivity index (χ2n) is 12.2. The Balaban J connectivity index is 1.32. The molecule has 0 saturated carbocycles. The Morgan fingerprint density at radius 2 is 1.72 bits per heavy atom. The summed E-state index contributed by atoms with van der Waals surface area (Å²) in [6.07, 6.45) is 16.7. The molecule has 9 rings (SSSR count).